The van der Waals surface area contributed by atoms with E-state index in [1.54, 1.807) is 12.1 Å². The van der Waals surface area contributed by atoms with Gasteiger partial charge in [-0.05, 0) is 47.8 Å². The number of aromatic hydroxyl groups is 1. The number of pyridine rings is 1. The second kappa shape index (κ2) is 4.41. The van der Waals surface area contributed by atoms with Gasteiger partial charge in [-0.2, -0.15) is 0 Å². The van der Waals surface area contributed by atoms with E-state index < -0.39 is 0 Å². The van der Waals surface area contributed by atoms with Crippen LogP contribution in [0.1, 0.15) is 26.7 Å². The summed E-state index contributed by atoms with van der Waals surface area (Å²) in [7, 11) is 0. The number of hydrogen-bond acceptors (Lipinski definition) is 3. The molecule has 1 fully saturated rings. The summed E-state index contributed by atoms with van der Waals surface area (Å²) < 4.78 is 0. The van der Waals surface area contributed by atoms with Gasteiger partial charge in [0, 0.05) is 18.1 Å². The zero-order chi connectivity index (χ0) is 13.5. The third-order valence-electron chi connectivity index (χ3n) is 4.47. The molecule has 3 nitrogen and oxygen atoms in total. The Morgan fingerprint density at radius 1 is 1.32 bits per heavy atom. The minimum absolute atomic E-state index is 0.286. The normalized spacial score (nSPS) is 16.8. The van der Waals surface area contributed by atoms with Crippen LogP contribution in [0.4, 0.5) is 5.82 Å². The van der Waals surface area contributed by atoms with E-state index in [0.717, 1.165) is 23.1 Å². The summed E-state index contributed by atoms with van der Waals surface area (Å²) in [6.07, 6.45) is 4.41. The van der Waals surface area contributed by atoms with Crippen LogP contribution in [-0.4, -0.2) is 16.6 Å². The highest BCUT2D eigenvalue weighted by molar-refractivity contribution is 5.92. The maximum Gasteiger partial charge on any atom is 0.133 e. The molecule has 0 unspecified atom stereocenters. The molecule has 2 aromatic rings. The summed E-state index contributed by atoms with van der Waals surface area (Å²) in [5, 5.41) is 15.2. The second-order valence-electron chi connectivity index (χ2n) is 5.94. The van der Waals surface area contributed by atoms with Crippen LogP contribution in [0.5, 0.6) is 5.75 Å². The molecular formula is C16H20N2O. The van der Waals surface area contributed by atoms with Gasteiger partial charge >= 0.3 is 0 Å². The topological polar surface area (TPSA) is 45.2 Å². The van der Waals surface area contributed by atoms with E-state index in [-0.39, 0.29) is 5.75 Å². The molecule has 1 heterocycles. The first-order valence-electron chi connectivity index (χ1n) is 6.92. The highest BCUT2D eigenvalue weighted by atomic mass is 16.3. The Morgan fingerprint density at radius 3 is 2.79 bits per heavy atom. The van der Waals surface area contributed by atoms with E-state index in [2.05, 4.69) is 24.1 Å². The summed E-state index contributed by atoms with van der Waals surface area (Å²) in [5.74, 6) is 1.86. The number of phenols is 1. The number of aromatic nitrogens is 1. The Balaban J connectivity index is 1.87. The number of phenolic OH excluding ortho intramolecular Hbond substituents is 1. The summed E-state index contributed by atoms with van der Waals surface area (Å²) >= 11 is 0. The van der Waals surface area contributed by atoms with Gasteiger partial charge < -0.3 is 10.4 Å². The number of benzene rings is 1. The zero-order valence-corrected chi connectivity index (χ0v) is 11.5. The van der Waals surface area contributed by atoms with E-state index in [1.807, 2.05) is 18.3 Å². The predicted molar refractivity (Wildman–Crippen MR) is 78.4 cm³/mol. The largest absolute Gasteiger partial charge is 0.508 e. The van der Waals surface area contributed by atoms with Gasteiger partial charge in [0.25, 0.3) is 0 Å². The fourth-order valence-electron chi connectivity index (χ4n) is 2.68. The molecule has 100 valence electrons. The van der Waals surface area contributed by atoms with E-state index >= 15 is 0 Å². The van der Waals surface area contributed by atoms with Gasteiger partial charge in [0.1, 0.15) is 11.6 Å². The number of hydrogen-bond donors (Lipinski definition) is 2. The molecule has 3 heteroatoms. The smallest absolute Gasteiger partial charge is 0.133 e. The summed E-state index contributed by atoms with van der Waals surface area (Å²) in [6.45, 7) is 5.54. The maximum atomic E-state index is 9.63. The Bertz CT molecular complexity index is 603. The van der Waals surface area contributed by atoms with Crippen molar-refractivity contribution in [3.8, 4) is 5.75 Å². The van der Waals surface area contributed by atoms with Gasteiger partial charge in [0.05, 0.1) is 0 Å². The van der Waals surface area contributed by atoms with Crippen molar-refractivity contribution in [1.29, 1.82) is 0 Å². The second-order valence-corrected chi connectivity index (χ2v) is 5.94. The Morgan fingerprint density at radius 2 is 2.11 bits per heavy atom. The quantitative estimate of drug-likeness (QED) is 0.874. The molecule has 1 aromatic carbocycles. The summed E-state index contributed by atoms with van der Waals surface area (Å²) in [6, 6.07) is 7.38. The minimum atomic E-state index is 0.286. The van der Waals surface area contributed by atoms with Crippen molar-refractivity contribution in [2.45, 2.75) is 26.7 Å². The molecule has 19 heavy (non-hydrogen) atoms. The molecule has 3 rings (SSSR count). The molecule has 0 radical (unpaired) electrons. The van der Waals surface area contributed by atoms with Crippen molar-refractivity contribution in [2.24, 2.45) is 11.3 Å². The lowest BCUT2D eigenvalue weighted by atomic mass is 9.92. The van der Waals surface area contributed by atoms with Crippen molar-refractivity contribution in [3.63, 3.8) is 0 Å². The van der Waals surface area contributed by atoms with Gasteiger partial charge in [-0.3, -0.25) is 0 Å². The fraction of sp³-hybridized carbons (Fsp3) is 0.438. The molecule has 0 saturated heterocycles. The Hall–Kier alpha value is -1.77. The first-order chi connectivity index (χ1) is 9.11. The van der Waals surface area contributed by atoms with Crippen molar-refractivity contribution in [2.75, 3.05) is 11.9 Å². The van der Waals surface area contributed by atoms with Gasteiger partial charge in [-0.15, -0.1) is 0 Å². The van der Waals surface area contributed by atoms with Crippen LogP contribution in [0, 0.1) is 11.3 Å². The number of nitrogens with zero attached hydrogens (tertiary/aromatic N) is 1. The van der Waals surface area contributed by atoms with Crippen LogP contribution < -0.4 is 5.32 Å². The van der Waals surface area contributed by atoms with Crippen LogP contribution in [0.25, 0.3) is 10.8 Å². The lowest BCUT2D eigenvalue weighted by molar-refractivity contribution is 0.380. The van der Waals surface area contributed by atoms with Crippen molar-refractivity contribution in [1.82, 2.24) is 4.98 Å². The third-order valence-corrected chi connectivity index (χ3v) is 4.47. The predicted octanol–water partition coefficient (Wildman–Crippen LogP) is 3.79. The van der Waals surface area contributed by atoms with E-state index in [9.17, 15) is 5.11 Å². The van der Waals surface area contributed by atoms with Gasteiger partial charge in [-0.25, -0.2) is 4.98 Å². The number of nitrogens with one attached hydrogen (secondary N) is 1. The third kappa shape index (κ3) is 2.25. The van der Waals surface area contributed by atoms with Gasteiger partial charge in [-0.1, -0.05) is 19.9 Å². The fourth-order valence-corrected chi connectivity index (χ4v) is 2.68. The van der Waals surface area contributed by atoms with Gasteiger partial charge in [0.15, 0.2) is 0 Å². The van der Waals surface area contributed by atoms with Crippen molar-refractivity contribution < 1.29 is 5.11 Å². The standard InChI is InChI=1S/C16H20N2O/c1-11(2)16(6-7-16)10-18-15-14-9-13(19)4-3-12(14)5-8-17-15/h3-5,8-9,11,19H,6-7,10H2,1-2H3,(H,17,18). The number of fused-ring (bicyclic) bond motifs is 1. The molecule has 2 N–H and O–H groups in total. The van der Waals surface area contributed by atoms with Crippen molar-refractivity contribution in [3.05, 3.63) is 30.5 Å². The monoisotopic (exact) mass is 256 g/mol. The molecule has 1 saturated carbocycles. The first-order valence-corrected chi connectivity index (χ1v) is 6.92. The van der Waals surface area contributed by atoms with Gasteiger partial charge in [0.2, 0.25) is 0 Å². The molecule has 1 aliphatic rings. The lowest BCUT2D eigenvalue weighted by Crippen LogP contribution is -2.21. The molecule has 0 bridgehead atoms. The van der Waals surface area contributed by atoms with Crippen molar-refractivity contribution >= 4 is 16.6 Å². The average Bonchev–Trinajstić information content (AvgIpc) is 3.17. The molecule has 0 atom stereocenters. The van der Waals surface area contributed by atoms with Crippen LogP contribution in [0.15, 0.2) is 30.5 Å². The molecule has 0 amide bonds. The lowest BCUT2D eigenvalue weighted by Gasteiger charge is -2.20. The summed E-state index contributed by atoms with van der Waals surface area (Å²) in [4.78, 5) is 4.42. The molecular weight excluding hydrogens is 236 g/mol. The number of anilines is 1. The van der Waals surface area contributed by atoms with Crippen LogP contribution >= 0.6 is 0 Å². The minimum Gasteiger partial charge on any atom is -0.508 e. The Kier molecular flexibility index (Phi) is 2.85. The molecule has 1 aromatic heterocycles. The maximum absolute atomic E-state index is 9.63. The molecule has 1 aliphatic carbocycles. The Labute approximate surface area is 113 Å². The highest BCUT2D eigenvalue weighted by Gasteiger charge is 2.44. The van der Waals surface area contributed by atoms with Crippen LogP contribution in [0.3, 0.4) is 0 Å². The SMILES string of the molecule is CC(C)C1(CNc2nccc3ccc(O)cc23)CC1. The molecule has 0 spiro atoms. The zero-order valence-electron chi connectivity index (χ0n) is 11.5. The molecule has 0 aliphatic heterocycles. The summed E-state index contributed by atoms with van der Waals surface area (Å²) in [5.41, 5.74) is 0.445. The van der Waals surface area contributed by atoms with E-state index in [0.29, 0.717) is 11.3 Å². The van der Waals surface area contributed by atoms with Crippen LogP contribution in [-0.2, 0) is 0 Å². The van der Waals surface area contributed by atoms with E-state index in [4.69, 9.17) is 0 Å². The average molecular weight is 256 g/mol. The van der Waals surface area contributed by atoms with E-state index in [1.165, 1.54) is 12.8 Å². The van der Waals surface area contributed by atoms with Crippen LogP contribution in [0.2, 0.25) is 0 Å². The highest BCUT2D eigenvalue weighted by Crippen LogP contribution is 2.51. The number of rotatable bonds is 4. The first kappa shape index (κ1) is 12.3.